The van der Waals surface area contributed by atoms with E-state index in [2.05, 4.69) is 0 Å². The molecule has 118 valence electrons. The molecule has 5 unspecified atom stereocenters. The Labute approximate surface area is 126 Å². The van der Waals surface area contributed by atoms with Crippen molar-refractivity contribution < 1.29 is 14.7 Å². The van der Waals surface area contributed by atoms with Crippen molar-refractivity contribution in [3.63, 3.8) is 0 Å². The van der Waals surface area contributed by atoms with Crippen molar-refractivity contribution in [1.82, 2.24) is 9.80 Å². The molecule has 2 bridgehead atoms. The van der Waals surface area contributed by atoms with Crippen LogP contribution in [0, 0.1) is 29.6 Å². The fourth-order valence-corrected chi connectivity index (χ4v) is 4.72. The van der Waals surface area contributed by atoms with E-state index < -0.39 is 11.9 Å². The van der Waals surface area contributed by atoms with Gasteiger partial charge in [0.15, 0.2) is 0 Å². The number of nitrogens with zero attached hydrogens (tertiary/aromatic N) is 2. The molecule has 1 aliphatic heterocycles. The lowest BCUT2D eigenvalue weighted by Crippen LogP contribution is -2.43. The van der Waals surface area contributed by atoms with Crippen molar-refractivity contribution in [2.45, 2.75) is 32.6 Å². The average Bonchev–Trinajstić information content (AvgIpc) is 3.12. The Hall–Kier alpha value is -1.26. The maximum atomic E-state index is 12.5. The molecule has 5 atom stereocenters. The van der Waals surface area contributed by atoms with Crippen LogP contribution in [-0.4, -0.2) is 53.6 Å². The highest BCUT2D eigenvalue weighted by Crippen LogP contribution is 2.48. The third kappa shape index (κ3) is 2.74. The summed E-state index contributed by atoms with van der Waals surface area (Å²) < 4.78 is 0. The van der Waals surface area contributed by atoms with Gasteiger partial charge in [-0.05, 0) is 42.9 Å². The van der Waals surface area contributed by atoms with E-state index in [0.717, 1.165) is 18.4 Å². The predicted molar refractivity (Wildman–Crippen MR) is 78.8 cm³/mol. The molecule has 0 aromatic rings. The molecule has 0 radical (unpaired) electrons. The molecule has 0 aromatic carbocycles. The number of carbonyl (C=O) groups is 2. The molecule has 2 saturated carbocycles. The van der Waals surface area contributed by atoms with Gasteiger partial charge in [0.25, 0.3) is 0 Å². The van der Waals surface area contributed by atoms with Crippen LogP contribution in [0.1, 0.15) is 32.6 Å². The standard InChI is InChI=1S/C16H26N2O3/c1-10-7-18(9-14(10)15(19)20)16(21)17(2)8-13-6-11-3-4-12(13)5-11/h10-14H,3-9H2,1-2H3,(H,19,20). The van der Waals surface area contributed by atoms with Gasteiger partial charge in [0, 0.05) is 26.7 Å². The SMILES string of the molecule is CC1CN(C(=O)N(C)CC2CC3CCC2C3)CC1C(=O)O. The highest BCUT2D eigenvalue weighted by Gasteiger charge is 2.42. The van der Waals surface area contributed by atoms with Crippen LogP contribution in [-0.2, 0) is 4.79 Å². The van der Waals surface area contributed by atoms with Crippen LogP contribution in [0.25, 0.3) is 0 Å². The third-order valence-electron chi connectivity index (χ3n) is 5.92. The Bertz CT molecular complexity index is 439. The van der Waals surface area contributed by atoms with E-state index in [9.17, 15) is 14.7 Å². The molecule has 1 saturated heterocycles. The Kier molecular flexibility index (Phi) is 3.84. The predicted octanol–water partition coefficient (Wildman–Crippen LogP) is 2.13. The maximum Gasteiger partial charge on any atom is 0.319 e. The molecule has 5 nitrogen and oxygen atoms in total. The summed E-state index contributed by atoms with van der Waals surface area (Å²) in [5.41, 5.74) is 0. The van der Waals surface area contributed by atoms with Crippen LogP contribution < -0.4 is 0 Å². The summed E-state index contributed by atoms with van der Waals surface area (Å²) >= 11 is 0. The first-order valence-electron chi connectivity index (χ1n) is 8.18. The molecular formula is C16H26N2O3. The van der Waals surface area contributed by atoms with Gasteiger partial charge in [-0.3, -0.25) is 4.79 Å². The number of hydrogen-bond acceptors (Lipinski definition) is 2. The topological polar surface area (TPSA) is 60.9 Å². The molecule has 1 heterocycles. The van der Waals surface area contributed by atoms with Gasteiger partial charge < -0.3 is 14.9 Å². The number of hydrogen-bond donors (Lipinski definition) is 1. The van der Waals surface area contributed by atoms with Gasteiger partial charge in [0.1, 0.15) is 0 Å². The monoisotopic (exact) mass is 294 g/mol. The van der Waals surface area contributed by atoms with Crippen molar-refractivity contribution in [3.05, 3.63) is 0 Å². The molecule has 5 heteroatoms. The summed E-state index contributed by atoms with van der Waals surface area (Å²) in [6.45, 7) is 3.68. The number of aliphatic carboxylic acids is 1. The summed E-state index contributed by atoms with van der Waals surface area (Å²) in [5, 5.41) is 9.17. The van der Waals surface area contributed by atoms with Crippen molar-refractivity contribution >= 4 is 12.0 Å². The van der Waals surface area contributed by atoms with Crippen LogP contribution in [0.5, 0.6) is 0 Å². The summed E-state index contributed by atoms with van der Waals surface area (Å²) in [5.74, 6) is 1.22. The molecule has 3 rings (SSSR count). The van der Waals surface area contributed by atoms with Crippen molar-refractivity contribution in [2.75, 3.05) is 26.7 Å². The molecule has 2 amide bonds. The Morgan fingerprint density at radius 2 is 2.00 bits per heavy atom. The minimum Gasteiger partial charge on any atom is -0.481 e. The van der Waals surface area contributed by atoms with Gasteiger partial charge in [0.2, 0.25) is 0 Å². The fourth-order valence-electron chi connectivity index (χ4n) is 4.72. The lowest BCUT2D eigenvalue weighted by atomic mass is 9.88. The van der Waals surface area contributed by atoms with E-state index in [1.165, 1.54) is 25.7 Å². The smallest absolute Gasteiger partial charge is 0.319 e. The number of carboxylic acids is 1. The minimum atomic E-state index is -0.784. The molecule has 2 aliphatic carbocycles. The first-order valence-corrected chi connectivity index (χ1v) is 8.18. The molecule has 3 fully saturated rings. The number of likely N-dealkylation sites (tertiary alicyclic amines) is 1. The highest BCUT2D eigenvalue weighted by atomic mass is 16.4. The largest absolute Gasteiger partial charge is 0.481 e. The van der Waals surface area contributed by atoms with Crippen molar-refractivity contribution in [2.24, 2.45) is 29.6 Å². The maximum absolute atomic E-state index is 12.5. The van der Waals surface area contributed by atoms with Crippen molar-refractivity contribution in [3.8, 4) is 0 Å². The zero-order chi connectivity index (χ0) is 15.1. The van der Waals surface area contributed by atoms with E-state index in [0.29, 0.717) is 19.0 Å². The molecule has 1 N–H and O–H groups in total. The molecular weight excluding hydrogens is 268 g/mol. The van der Waals surface area contributed by atoms with Crippen molar-refractivity contribution in [1.29, 1.82) is 0 Å². The number of urea groups is 1. The van der Waals surface area contributed by atoms with E-state index in [-0.39, 0.29) is 11.9 Å². The van der Waals surface area contributed by atoms with Gasteiger partial charge in [-0.25, -0.2) is 4.79 Å². The highest BCUT2D eigenvalue weighted by molar-refractivity contribution is 5.77. The number of carbonyl (C=O) groups excluding carboxylic acids is 1. The van der Waals surface area contributed by atoms with E-state index in [1.807, 2.05) is 18.9 Å². The van der Waals surface area contributed by atoms with Gasteiger partial charge >= 0.3 is 12.0 Å². The zero-order valence-electron chi connectivity index (χ0n) is 13.0. The van der Waals surface area contributed by atoms with E-state index >= 15 is 0 Å². The lowest BCUT2D eigenvalue weighted by molar-refractivity contribution is -0.142. The summed E-state index contributed by atoms with van der Waals surface area (Å²) in [4.78, 5) is 27.2. The normalized spacial score (nSPS) is 38.0. The zero-order valence-corrected chi connectivity index (χ0v) is 13.0. The number of rotatable bonds is 3. The van der Waals surface area contributed by atoms with E-state index in [1.54, 1.807) is 4.90 Å². The lowest BCUT2D eigenvalue weighted by Gasteiger charge is -2.30. The van der Waals surface area contributed by atoms with Gasteiger partial charge in [0.05, 0.1) is 5.92 Å². The Morgan fingerprint density at radius 3 is 2.52 bits per heavy atom. The third-order valence-corrected chi connectivity index (χ3v) is 5.92. The summed E-state index contributed by atoms with van der Waals surface area (Å²) in [6, 6.07) is 0.00775. The molecule has 0 aromatic heterocycles. The Balaban J connectivity index is 1.54. The fraction of sp³-hybridized carbons (Fsp3) is 0.875. The van der Waals surface area contributed by atoms with E-state index in [4.69, 9.17) is 0 Å². The van der Waals surface area contributed by atoms with Crippen LogP contribution in [0.4, 0.5) is 4.79 Å². The second-order valence-corrected chi connectivity index (χ2v) is 7.43. The van der Waals surface area contributed by atoms with Crippen LogP contribution in [0.3, 0.4) is 0 Å². The molecule has 3 aliphatic rings. The Morgan fingerprint density at radius 1 is 1.24 bits per heavy atom. The molecule has 0 spiro atoms. The average molecular weight is 294 g/mol. The van der Waals surface area contributed by atoms with Crippen LogP contribution in [0.2, 0.25) is 0 Å². The van der Waals surface area contributed by atoms with Crippen LogP contribution in [0.15, 0.2) is 0 Å². The second-order valence-electron chi connectivity index (χ2n) is 7.43. The summed E-state index contributed by atoms with van der Waals surface area (Å²) in [7, 11) is 1.87. The van der Waals surface area contributed by atoms with Gasteiger partial charge in [-0.15, -0.1) is 0 Å². The number of carboxylic acid groups (broad SMARTS) is 1. The summed E-state index contributed by atoms with van der Waals surface area (Å²) in [6.07, 6.45) is 5.34. The second kappa shape index (κ2) is 5.50. The first kappa shape index (κ1) is 14.7. The van der Waals surface area contributed by atoms with Gasteiger partial charge in [-0.1, -0.05) is 13.3 Å². The van der Waals surface area contributed by atoms with Crippen LogP contribution >= 0.6 is 0 Å². The quantitative estimate of drug-likeness (QED) is 0.867. The number of amides is 2. The van der Waals surface area contributed by atoms with Gasteiger partial charge in [-0.2, -0.15) is 0 Å². The number of fused-ring (bicyclic) bond motifs is 2. The molecule has 21 heavy (non-hydrogen) atoms. The minimum absolute atomic E-state index is 0.00775. The first-order chi connectivity index (χ1) is 9.95.